The Kier molecular flexibility index (Phi) is 4.59. The Hall–Kier alpha value is -3.86. The number of methoxy groups -OCH3 is 1. The number of hydrogen-bond donors (Lipinski definition) is 1. The molecule has 1 aliphatic heterocycles. The number of carbonyl (C=O) groups is 2. The second-order valence-corrected chi connectivity index (χ2v) is 7.73. The third kappa shape index (κ3) is 2.93. The van der Waals surface area contributed by atoms with E-state index in [1.165, 1.54) is 7.11 Å². The molecule has 1 aliphatic rings. The van der Waals surface area contributed by atoms with Crippen LogP contribution in [0.15, 0.2) is 78.9 Å². The number of nitrogens with zero attached hydrogens (tertiary/aromatic N) is 1. The van der Waals surface area contributed by atoms with E-state index in [0.29, 0.717) is 5.56 Å². The SMILES string of the molecule is COC(=O)C(C)N1C(=O)c2ccccc2C1c1c(-c2ccccc2)[nH]c2ccccc12. The molecule has 1 amide bonds. The predicted octanol–water partition coefficient (Wildman–Crippen LogP) is 4.94. The van der Waals surface area contributed by atoms with Crippen LogP contribution in [0.2, 0.25) is 0 Å². The third-order valence-electron chi connectivity index (χ3n) is 6.04. The third-order valence-corrected chi connectivity index (χ3v) is 6.04. The Bertz CT molecular complexity index is 1290. The van der Waals surface area contributed by atoms with Gasteiger partial charge in [-0.1, -0.05) is 66.7 Å². The summed E-state index contributed by atoms with van der Waals surface area (Å²) in [7, 11) is 1.35. The zero-order valence-corrected chi connectivity index (χ0v) is 17.3. The van der Waals surface area contributed by atoms with Gasteiger partial charge in [0.15, 0.2) is 0 Å². The molecule has 5 heteroatoms. The first-order valence-corrected chi connectivity index (χ1v) is 10.3. The van der Waals surface area contributed by atoms with Crippen molar-refractivity contribution in [3.8, 4) is 11.3 Å². The Morgan fingerprint density at radius 3 is 2.42 bits per heavy atom. The standard InChI is InChI=1S/C26H22N2O3/c1-16(26(30)31-2)28-24(18-12-6-7-13-19(18)25(28)29)22-20-14-8-9-15-21(20)27-23(22)17-10-4-3-5-11-17/h3-16,24,27H,1-2H3. The molecule has 1 aromatic heterocycles. The fourth-order valence-electron chi connectivity index (χ4n) is 4.59. The number of H-pyrrole nitrogens is 1. The van der Waals surface area contributed by atoms with E-state index >= 15 is 0 Å². The van der Waals surface area contributed by atoms with Crippen LogP contribution in [0, 0.1) is 0 Å². The Morgan fingerprint density at radius 1 is 0.968 bits per heavy atom. The van der Waals surface area contributed by atoms with Crippen molar-refractivity contribution in [2.24, 2.45) is 0 Å². The van der Waals surface area contributed by atoms with Gasteiger partial charge in [0.05, 0.1) is 18.8 Å². The minimum Gasteiger partial charge on any atom is -0.467 e. The maximum Gasteiger partial charge on any atom is 0.328 e. The Labute approximate surface area is 180 Å². The monoisotopic (exact) mass is 410 g/mol. The molecule has 5 nitrogen and oxygen atoms in total. The van der Waals surface area contributed by atoms with Gasteiger partial charge in [-0.05, 0) is 30.2 Å². The van der Waals surface area contributed by atoms with E-state index in [4.69, 9.17) is 4.74 Å². The van der Waals surface area contributed by atoms with E-state index < -0.39 is 18.1 Å². The highest BCUT2D eigenvalue weighted by Gasteiger charge is 2.44. The average molecular weight is 410 g/mol. The summed E-state index contributed by atoms with van der Waals surface area (Å²) >= 11 is 0. The molecule has 1 N–H and O–H groups in total. The molecule has 0 aliphatic carbocycles. The van der Waals surface area contributed by atoms with Crippen LogP contribution >= 0.6 is 0 Å². The topological polar surface area (TPSA) is 62.4 Å². The van der Waals surface area contributed by atoms with Gasteiger partial charge in [0.2, 0.25) is 0 Å². The second kappa shape index (κ2) is 7.43. The molecular formula is C26H22N2O3. The van der Waals surface area contributed by atoms with E-state index in [2.05, 4.69) is 11.1 Å². The van der Waals surface area contributed by atoms with Crippen LogP contribution in [0.4, 0.5) is 0 Å². The molecule has 0 bridgehead atoms. The van der Waals surface area contributed by atoms with Gasteiger partial charge in [-0.2, -0.15) is 0 Å². The number of hydrogen-bond acceptors (Lipinski definition) is 3. The minimum atomic E-state index is -0.729. The molecule has 0 spiro atoms. The van der Waals surface area contributed by atoms with Crippen LogP contribution in [0.25, 0.3) is 22.2 Å². The molecule has 2 atom stereocenters. The number of ether oxygens (including phenoxy) is 1. The van der Waals surface area contributed by atoms with Gasteiger partial charge in [-0.15, -0.1) is 0 Å². The number of rotatable bonds is 4. The minimum absolute atomic E-state index is 0.164. The average Bonchev–Trinajstić information content (AvgIpc) is 3.34. The lowest BCUT2D eigenvalue weighted by atomic mass is 9.93. The molecule has 4 aromatic rings. The maximum absolute atomic E-state index is 13.5. The molecule has 154 valence electrons. The lowest BCUT2D eigenvalue weighted by Crippen LogP contribution is -2.42. The number of para-hydroxylation sites is 1. The highest BCUT2D eigenvalue weighted by atomic mass is 16.5. The normalized spacial score (nSPS) is 16.4. The van der Waals surface area contributed by atoms with Crippen LogP contribution in [-0.4, -0.2) is 34.9 Å². The van der Waals surface area contributed by atoms with Gasteiger partial charge in [0, 0.05) is 22.0 Å². The fourth-order valence-corrected chi connectivity index (χ4v) is 4.59. The van der Waals surface area contributed by atoms with Crippen LogP contribution in [0.1, 0.15) is 34.5 Å². The molecule has 3 aromatic carbocycles. The predicted molar refractivity (Wildman–Crippen MR) is 120 cm³/mol. The van der Waals surface area contributed by atoms with Gasteiger partial charge < -0.3 is 14.6 Å². The molecule has 31 heavy (non-hydrogen) atoms. The first kappa shape index (κ1) is 19.1. The Balaban J connectivity index is 1.81. The van der Waals surface area contributed by atoms with Gasteiger partial charge >= 0.3 is 5.97 Å². The van der Waals surface area contributed by atoms with Crippen molar-refractivity contribution < 1.29 is 14.3 Å². The van der Waals surface area contributed by atoms with E-state index in [9.17, 15) is 9.59 Å². The van der Waals surface area contributed by atoms with Crippen LogP contribution in [-0.2, 0) is 9.53 Å². The quantitative estimate of drug-likeness (QED) is 0.485. The summed E-state index contributed by atoms with van der Waals surface area (Å²) in [6, 6.07) is 24.6. The highest BCUT2D eigenvalue weighted by Crippen LogP contribution is 2.46. The van der Waals surface area contributed by atoms with Crippen LogP contribution < -0.4 is 0 Å². The Morgan fingerprint density at radius 2 is 1.65 bits per heavy atom. The number of aromatic nitrogens is 1. The summed E-state index contributed by atoms with van der Waals surface area (Å²) < 4.78 is 5.00. The molecule has 5 rings (SSSR count). The summed E-state index contributed by atoms with van der Waals surface area (Å²) in [6.45, 7) is 1.72. The number of esters is 1. The van der Waals surface area contributed by atoms with Crippen molar-refractivity contribution in [3.05, 3.63) is 95.6 Å². The summed E-state index contributed by atoms with van der Waals surface area (Å²) in [5.74, 6) is -0.602. The number of benzene rings is 3. The summed E-state index contributed by atoms with van der Waals surface area (Å²) in [5, 5.41) is 1.03. The fraction of sp³-hybridized carbons (Fsp3) is 0.154. The highest BCUT2D eigenvalue weighted by molar-refractivity contribution is 6.03. The molecule has 2 unspecified atom stereocenters. The van der Waals surface area contributed by atoms with Crippen molar-refractivity contribution >= 4 is 22.8 Å². The molecule has 0 saturated heterocycles. The van der Waals surface area contributed by atoms with Crippen LogP contribution in [0.3, 0.4) is 0 Å². The number of aromatic amines is 1. The number of amides is 1. The second-order valence-electron chi connectivity index (χ2n) is 7.73. The maximum atomic E-state index is 13.5. The van der Waals surface area contributed by atoms with Crippen molar-refractivity contribution in [2.45, 2.75) is 19.0 Å². The van der Waals surface area contributed by atoms with Gasteiger partial charge in [-0.3, -0.25) is 4.79 Å². The van der Waals surface area contributed by atoms with Crippen molar-refractivity contribution in [1.29, 1.82) is 0 Å². The number of nitrogens with one attached hydrogen (secondary N) is 1. The molecular weight excluding hydrogens is 388 g/mol. The number of carbonyl (C=O) groups excluding carboxylic acids is 2. The molecule has 0 radical (unpaired) electrons. The first-order chi connectivity index (χ1) is 15.1. The van der Waals surface area contributed by atoms with E-state index in [1.807, 2.05) is 72.8 Å². The summed E-state index contributed by atoms with van der Waals surface area (Å²) in [4.78, 5) is 31.2. The summed E-state index contributed by atoms with van der Waals surface area (Å²) in [5.41, 5.74) is 5.45. The van der Waals surface area contributed by atoms with Gasteiger partial charge in [0.25, 0.3) is 5.91 Å². The van der Waals surface area contributed by atoms with Crippen LogP contribution in [0.5, 0.6) is 0 Å². The van der Waals surface area contributed by atoms with Crippen molar-refractivity contribution in [1.82, 2.24) is 9.88 Å². The number of fused-ring (bicyclic) bond motifs is 2. The smallest absolute Gasteiger partial charge is 0.328 e. The lowest BCUT2D eigenvalue weighted by molar-refractivity contribution is -0.145. The van der Waals surface area contributed by atoms with E-state index in [0.717, 1.165) is 33.3 Å². The van der Waals surface area contributed by atoms with Crippen molar-refractivity contribution in [3.63, 3.8) is 0 Å². The van der Waals surface area contributed by atoms with Crippen molar-refractivity contribution in [2.75, 3.05) is 7.11 Å². The molecule has 0 fully saturated rings. The summed E-state index contributed by atoms with van der Waals surface area (Å²) in [6.07, 6.45) is 0. The molecule has 2 heterocycles. The zero-order valence-electron chi connectivity index (χ0n) is 17.3. The zero-order chi connectivity index (χ0) is 21.5. The lowest BCUT2D eigenvalue weighted by Gasteiger charge is -2.30. The van der Waals surface area contributed by atoms with E-state index in [-0.39, 0.29) is 5.91 Å². The first-order valence-electron chi connectivity index (χ1n) is 10.3. The molecule has 0 saturated carbocycles. The largest absolute Gasteiger partial charge is 0.467 e. The van der Waals surface area contributed by atoms with Gasteiger partial charge in [-0.25, -0.2) is 4.79 Å². The van der Waals surface area contributed by atoms with Gasteiger partial charge in [0.1, 0.15) is 6.04 Å². The van der Waals surface area contributed by atoms with E-state index in [1.54, 1.807) is 11.8 Å².